The van der Waals surface area contributed by atoms with Gasteiger partial charge in [0.25, 0.3) is 0 Å². The molecule has 0 aliphatic carbocycles. The number of rotatable bonds is 9. The number of carbonyl (C=O) groups is 3. The van der Waals surface area contributed by atoms with E-state index in [0.717, 1.165) is 16.3 Å². The van der Waals surface area contributed by atoms with E-state index in [1.54, 1.807) is 37.8 Å². The first-order chi connectivity index (χ1) is 19.9. The van der Waals surface area contributed by atoms with Gasteiger partial charge in [-0.2, -0.15) is 0 Å². The maximum atomic E-state index is 13.9. The van der Waals surface area contributed by atoms with Gasteiger partial charge in [0.15, 0.2) is 0 Å². The minimum Gasteiger partial charge on any atom is -0.444 e. The third-order valence-electron chi connectivity index (χ3n) is 7.62. The van der Waals surface area contributed by atoms with Crippen molar-refractivity contribution >= 4 is 28.7 Å². The maximum Gasteiger partial charge on any atom is 0.408 e. The topological polar surface area (TPSA) is 105 Å². The van der Waals surface area contributed by atoms with Crippen LogP contribution in [0.15, 0.2) is 66.7 Å². The van der Waals surface area contributed by atoms with Crippen LogP contribution in [0.4, 0.5) is 9.18 Å². The molecule has 4 rings (SSSR count). The molecule has 8 nitrogen and oxygen atoms in total. The summed E-state index contributed by atoms with van der Waals surface area (Å²) in [7, 11) is 0. The molecule has 42 heavy (non-hydrogen) atoms. The molecule has 1 aliphatic heterocycles. The van der Waals surface area contributed by atoms with E-state index in [1.165, 1.54) is 12.1 Å². The van der Waals surface area contributed by atoms with E-state index >= 15 is 0 Å². The minimum absolute atomic E-state index is 0.181. The average molecular weight is 577 g/mol. The average Bonchev–Trinajstić information content (AvgIpc) is 2.94. The molecule has 0 spiro atoms. The molecular weight excluding hydrogens is 535 g/mol. The zero-order chi connectivity index (χ0) is 30.4. The monoisotopic (exact) mass is 576 g/mol. The third-order valence-corrected chi connectivity index (χ3v) is 7.62. The Morgan fingerprint density at radius 1 is 0.976 bits per heavy atom. The Bertz CT molecular complexity index is 1410. The van der Waals surface area contributed by atoms with Crippen LogP contribution in [-0.4, -0.2) is 71.1 Å². The Hall–Kier alpha value is -3.98. The van der Waals surface area contributed by atoms with E-state index in [-0.39, 0.29) is 24.2 Å². The van der Waals surface area contributed by atoms with Crippen LogP contribution in [0.25, 0.3) is 10.8 Å². The van der Waals surface area contributed by atoms with Crippen molar-refractivity contribution in [1.82, 2.24) is 15.1 Å². The van der Waals surface area contributed by atoms with Gasteiger partial charge < -0.3 is 20.7 Å². The standard InChI is InChI=1S/C33H41FN4O4/c1-5-27-21-37(29(30(35)39)20-23-10-13-24-8-6-7-9-25(24)18-23)16-17-38(27)31(40)28(36-32(41)42-33(2,3)4)19-22-11-14-26(34)15-12-22/h6-15,18,27-29H,5,16-17,19-21H2,1-4H3,(H2,35,39)(H,36,41). The molecule has 1 heterocycles. The van der Waals surface area contributed by atoms with Crippen LogP contribution in [-0.2, 0) is 27.2 Å². The second-order valence-electron chi connectivity index (χ2n) is 11.9. The number of primary amides is 1. The minimum atomic E-state index is -0.907. The van der Waals surface area contributed by atoms with E-state index in [1.807, 2.05) is 43.3 Å². The second-order valence-corrected chi connectivity index (χ2v) is 11.9. The molecule has 3 aromatic carbocycles. The lowest BCUT2D eigenvalue weighted by atomic mass is 9.98. The molecule has 9 heteroatoms. The van der Waals surface area contributed by atoms with Gasteiger partial charge >= 0.3 is 6.09 Å². The molecule has 3 amide bonds. The third kappa shape index (κ3) is 8.06. The van der Waals surface area contributed by atoms with Crippen LogP contribution in [0.3, 0.4) is 0 Å². The number of ether oxygens (including phenoxy) is 1. The van der Waals surface area contributed by atoms with Gasteiger partial charge in [-0.05, 0) is 67.6 Å². The summed E-state index contributed by atoms with van der Waals surface area (Å²) in [6, 6.07) is 18.5. The van der Waals surface area contributed by atoms with Gasteiger partial charge in [0.1, 0.15) is 17.5 Å². The number of nitrogens with zero attached hydrogens (tertiary/aromatic N) is 2. The highest BCUT2D eigenvalue weighted by Gasteiger charge is 2.37. The van der Waals surface area contributed by atoms with E-state index in [2.05, 4.69) is 16.3 Å². The Labute approximate surface area is 247 Å². The highest BCUT2D eigenvalue weighted by Crippen LogP contribution is 2.22. The van der Waals surface area contributed by atoms with Crippen LogP contribution in [0.5, 0.6) is 0 Å². The molecular formula is C33H41FN4O4. The predicted molar refractivity (Wildman–Crippen MR) is 161 cm³/mol. The summed E-state index contributed by atoms with van der Waals surface area (Å²) in [5.41, 5.74) is 6.90. The first kappa shape index (κ1) is 31.0. The molecule has 1 fully saturated rings. The zero-order valence-electron chi connectivity index (χ0n) is 24.8. The first-order valence-electron chi connectivity index (χ1n) is 14.5. The van der Waals surface area contributed by atoms with E-state index in [9.17, 15) is 18.8 Å². The van der Waals surface area contributed by atoms with E-state index < -0.39 is 29.7 Å². The van der Waals surface area contributed by atoms with Crippen LogP contribution in [0.1, 0.15) is 45.2 Å². The van der Waals surface area contributed by atoms with Gasteiger partial charge in [0, 0.05) is 32.1 Å². The number of nitrogens with two attached hydrogens (primary N) is 1. The number of piperazine rings is 1. The Morgan fingerprint density at radius 2 is 1.64 bits per heavy atom. The lowest BCUT2D eigenvalue weighted by Crippen LogP contribution is -2.63. The van der Waals surface area contributed by atoms with Crippen molar-refractivity contribution < 1.29 is 23.5 Å². The summed E-state index contributed by atoms with van der Waals surface area (Å²) in [6.45, 7) is 8.55. The number of nitrogens with one attached hydrogen (secondary N) is 1. The van der Waals surface area contributed by atoms with Crippen molar-refractivity contribution in [3.63, 3.8) is 0 Å². The summed E-state index contributed by atoms with van der Waals surface area (Å²) in [6.07, 6.45) is 0.608. The number of fused-ring (bicyclic) bond motifs is 1. The highest BCUT2D eigenvalue weighted by atomic mass is 19.1. The van der Waals surface area contributed by atoms with Gasteiger partial charge in [-0.3, -0.25) is 14.5 Å². The van der Waals surface area contributed by atoms with Crippen molar-refractivity contribution in [2.24, 2.45) is 5.73 Å². The van der Waals surface area contributed by atoms with Crippen LogP contribution < -0.4 is 11.1 Å². The Kier molecular flexibility index (Phi) is 9.83. The number of hydrogen-bond donors (Lipinski definition) is 2. The normalized spacial score (nSPS) is 17.5. The number of alkyl carbamates (subject to hydrolysis) is 1. The van der Waals surface area contributed by atoms with Crippen molar-refractivity contribution in [3.05, 3.63) is 83.7 Å². The lowest BCUT2D eigenvalue weighted by molar-refractivity contribution is -0.140. The van der Waals surface area contributed by atoms with Crippen molar-refractivity contribution in [2.45, 2.75) is 70.7 Å². The van der Waals surface area contributed by atoms with Crippen molar-refractivity contribution in [3.8, 4) is 0 Å². The van der Waals surface area contributed by atoms with Gasteiger partial charge in [-0.1, -0.05) is 61.5 Å². The lowest BCUT2D eigenvalue weighted by Gasteiger charge is -2.44. The van der Waals surface area contributed by atoms with Gasteiger partial charge in [0.05, 0.1) is 6.04 Å². The summed E-state index contributed by atoms with van der Waals surface area (Å²) >= 11 is 0. The SMILES string of the molecule is CCC1CN(C(Cc2ccc3ccccc3c2)C(N)=O)CCN1C(=O)C(Cc1ccc(F)cc1)NC(=O)OC(C)(C)C. The predicted octanol–water partition coefficient (Wildman–Crippen LogP) is 4.43. The molecule has 1 saturated heterocycles. The maximum absolute atomic E-state index is 13.9. The number of benzene rings is 3. The van der Waals surface area contributed by atoms with Gasteiger partial charge in [0.2, 0.25) is 11.8 Å². The summed E-state index contributed by atoms with van der Waals surface area (Å²) in [5.74, 6) is -1.03. The summed E-state index contributed by atoms with van der Waals surface area (Å²) in [4.78, 5) is 43.1. The number of hydrogen-bond acceptors (Lipinski definition) is 5. The smallest absolute Gasteiger partial charge is 0.408 e. The number of amides is 3. The first-order valence-corrected chi connectivity index (χ1v) is 14.5. The van der Waals surface area contributed by atoms with Crippen LogP contribution in [0, 0.1) is 5.82 Å². The Morgan fingerprint density at radius 3 is 2.29 bits per heavy atom. The van der Waals surface area contributed by atoms with E-state index in [0.29, 0.717) is 38.0 Å². The highest BCUT2D eigenvalue weighted by molar-refractivity contribution is 5.87. The molecule has 224 valence electrons. The molecule has 1 aliphatic rings. The van der Waals surface area contributed by atoms with Crippen molar-refractivity contribution in [2.75, 3.05) is 19.6 Å². The Balaban J connectivity index is 1.50. The summed E-state index contributed by atoms with van der Waals surface area (Å²) in [5, 5.41) is 4.98. The molecule has 0 aromatic heterocycles. The van der Waals surface area contributed by atoms with Gasteiger partial charge in [-0.15, -0.1) is 0 Å². The number of carbonyl (C=O) groups excluding carboxylic acids is 3. The fraction of sp³-hybridized carbons (Fsp3) is 0.424. The quantitative estimate of drug-likeness (QED) is 0.392. The van der Waals surface area contributed by atoms with E-state index in [4.69, 9.17) is 10.5 Å². The molecule has 3 unspecified atom stereocenters. The molecule has 3 atom stereocenters. The van der Waals surface area contributed by atoms with Crippen LogP contribution in [0.2, 0.25) is 0 Å². The molecule has 0 bridgehead atoms. The molecule has 0 radical (unpaired) electrons. The molecule has 0 saturated carbocycles. The molecule has 3 aromatic rings. The largest absolute Gasteiger partial charge is 0.444 e. The second kappa shape index (κ2) is 13.3. The number of halogens is 1. The molecule has 3 N–H and O–H groups in total. The summed E-state index contributed by atoms with van der Waals surface area (Å²) < 4.78 is 19.0. The fourth-order valence-corrected chi connectivity index (χ4v) is 5.51. The van der Waals surface area contributed by atoms with Crippen molar-refractivity contribution in [1.29, 1.82) is 0 Å². The fourth-order valence-electron chi connectivity index (χ4n) is 5.51. The zero-order valence-corrected chi connectivity index (χ0v) is 24.8. The van der Waals surface area contributed by atoms with Gasteiger partial charge in [-0.25, -0.2) is 9.18 Å². The van der Waals surface area contributed by atoms with Crippen LogP contribution >= 0.6 is 0 Å².